The van der Waals surface area contributed by atoms with Crippen LogP contribution in [0.15, 0.2) is 41.1 Å². The van der Waals surface area contributed by atoms with Gasteiger partial charge in [-0.25, -0.2) is 9.97 Å². The Morgan fingerprint density at radius 1 is 1.35 bits per heavy atom. The van der Waals surface area contributed by atoms with Gasteiger partial charge in [0.1, 0.15) is 11.0 Å². The number of hydrogen-bond acceptors (Lipinski definition) is 4. The number of aromatic nitrogens is 2. The first kappa shape index (κ1) is 16.2. The third-order valence-electron chi connectivity index (χ3n) is 3.85. The zero-order valence-electron chi connectivity index (χ0n) is 12.4. The molecule has 1 aliphatic rings. The van der Waals surface area contributed by atoms with E-state index in [9.17, 15) is 4.79 Å². The van der Waals surface area contributed by atoms with Crippen LogP contribution < -0.4 is 10.2 Å². The summed E-state index contributed by atoms with van der Waals surface area (Å²) in [5.41, 5.74) is 1.00. The normalized spacial score (nSPS) is 17.8. The van der Waals surface area contributed by atoms with Crippen molar-refractivity contribution in [1.29, 1.82) is 0 Å². The van der Waals surface area contributed by atoms with Crippen LogP contribution in [0.5, 0.6) is 0 Å². The maximum absolute atomic E-state index is 12.5. The van der Waals surface area contributed by atoms with Gasteiger partial charge in [0, 0.05) is 35.6 Å². The van der Waals surface area contributed by atoms with E-state index >= 15 is 0 Å². The molecule has 1 amide bonds. The molecular formula is C16H16BrClN4O. The van der Waals surface area contributed by atoms with Crippen molar-refractivity contribution in [3.63, 3.8) is 0 Å². The summed E-state index contributed by atoms with van der Waals surface area (Å²) in [4.78, 5) is 22.8. The summed E-state index contributed by atoms with van der Waals surface area (Å²) in [7, 11) is 0. The summed E-state index contributed by atoms with van der Waals surface area (Å²) in [6.45, 7) is 1.59. The van der Waals surface area contributed by atoms with Gasteiger partial charge in [-0.3, -0.25) is 4.79 Å². The number of nitrogens with one attached hydrogen (secondary N) is 1. The molecule has 2 aromatic rings. The molecule has 0 saturated carbocycles. The lowest BCUT2D eigenvalue weighted by molar-refractivity contribution is -0.120. The van der Waals surface area contributed by atoms with E-state index in [2.05, 4.69) is 36.1 Å². The van der Waals surface area contributed by atoms with E-state index in [4.69, 9.17) is 11.6 Å². The molecule has 1 saturated heterocycles. The zero-order chi connectivity index (χ0) is 16.2. The summed E-state index contributed by atoms with van der Waals surface area (Å²) in [6, 6.07) is 7.39. The number of nitrogens with zero attached hydrogens (tertiary/aromatic N) is 3. The van der Waals surface area contributed by atoms with Crippen molar-refractivity contribution in [2.45, 2.75) is 12.8 Å². The Labute approximate surface area is 148 Å². The van der Waals surface area contributed by atoms with Crippen molar-refractivity contribution >= 4 is 44.9 Å². The number of amides is 1. The van der Waals surface area contributed by atoms with Crippen molar-refractivity contribution in [1.82, 2.24) is 9.97 Å². The van der Waals surface area contributed by atoms with Crippen molar-refractivity contribution in [3.8, 4) is 0 Å². The van der Waals surface area contributed by atoms with E-state index in [0.717, 1.165) is 29.5 Å². The molecule has 5 nitrogen and oxygen atoms in total. The van der Waals surface area contributed by atoms with Crippen molar-refractivity contribution in [2.75, 3.05) is 23.3 Å². The van der Waals surface area contributed by atoms with Crippen LogP contribution in [0.1, 0.15) is 12.8 Å². The summed E-state index contributed by atoms with van der Waals surface area (Å²) >= 11 is 9.28. The second kappa shape index (κ2) is 7.27. The van der Waals surface area contributed by atoms with Gasteiger partial charge < -0.3 is 10.2 Å². The summed E-state index contributed by atoms with van der Waals surface area (Å²) in [5, 5.41) is 3.35. The fourth-order valence-corrected chi connectivity index (χ4v) is 3.10. The second-order valence-corrected chi connectivity index (χ2v) is 6.78. The predicted molar refractivity (Wildman–Crippen MR) is 94.8 cm³/mol. The number of pyridine rings is 2. The SMILES string of the molecule is O=C(Nc1ccc(Br)cn1)C1CCCN(c2ccnc(Cl)c2)C1. The van der Waals surface area contributed by atoms with Crippen LogP contribution in [0, 0.1) is 5.92 Å². The molecule has 7 heteroatoms. The number of carbonyl (C=O) groups is 1. The third-order valence-corrected chi connectivity index (χ3v) is 4.52. The van der Waals surface area contributed by atoms with Crippen LogP contribution in [0.3, 0.4) is 0 Å². The molecule has 1 fully saturated rings. The molecule has 1 N–H and O–H groups in total. The first-order valence-electron chi connectivity index (χ1n) is 7.41. The number of halogens is 2. The van der Waals surface area contributed by atoms with Crippen LogP contribution >= 0.6 is 27.5 Å². The number of rotatable bonds is 3. The number of piperidine rings is 1. The highest BCUT2D eigenvalue weighted by Gasteiger charge is 2.26. The number of carbonyl (C=O) groups excluding carboxylic acids is 1. The molecule has 3 heterocycles. The molecule has 0 radical (unpaired) electrons. The zero-order valence-corrected chi connectivity index (χ0v) is 14.7. The van der Waals surface area contributed by atoms with Crippen molar-refractivity contribution < 1.29 is 4.79 Å². The monoisotopic (exact) mass is 394 g/mol. The molecular weight excluding hydrogens is 380 g/mol. The quantitative estimate of drug-likeness (QED) is 0.804. The Bertz CT molecular complexity index is 695. The average molecular weight is 396 g/mol. The van der Waals surface area contributed by atoms with Crippen molar-refractivity contribution in [3.05, 3.63) is 46.3 Å². The fourth-order valence-electron chi connectivity index (χ4n) is 2.69. The molecule has 23 heavy (non-hydrogen) atoms. The molecule has 1 unspecified atom stereocenters. The Hall–Kier alpha value is -1.66. The van der Waals surface area contributed by atoms with Gasteiger partial charge in [0.25, 0.3) is 0 Å². The van der Waals surface area contributed by atoms with E-state index in [-0.39, 0.29) is 11.8 Å². The summed E-state index contributed by atoms with van der Waals surface area (Å²) in [5.74, 6) is 0.507. The van der Waals surface area contributed by atoms with E-state index in [1.807, 2.05) is 18.2 Å². The lowest BCUT2D eigenvalue weighted by Crippen LogP contribution is -2.40. The molecule has 1 aliphatic heterocycles. The van der Waals surface area contributed by atoms with Crippen LogP contribution in [0.4, 0.5) is 11.5 Å². The first-order chi connectivity index (χ1) is 11.1. The topological polar surface area (TPSA) is 58.1 Å². The number of hydrogen-bond donors (Lipinski definition) is 1. The highest BCUT2D eigenvalue weighted by Crippen LogP contribution is 2.25. The van der Waals surface area contributed by atoms with E-state index in [1.54, 1.807) is 18.5 Å². The van der Waals surface area contributed by atoms with Crippen LogP contribution in [-0.2, 0) is 4.79 Å². The lowest BCUT2D eigenvalue weighted by atomic mass is 9.96. The summed E-state index contributed by atoms with van der Waals surface area (Å²) < 4.78 is 0.883. The molecule has 2 aromatic heterocycles. The van der Waals surface area contributed by atoms with E-state index in [1.165, 1.54) is 0 Å². The van der Waals surface area contributed by atoms with Gasteiger partial charge in [-0.1, -0.05) is 11.6 Å². The standard InChI is InChI=1S/C16H16BrClN4O/c17-12-3-4-15(20-9-12)21-16(23)11-2-1-7-22(10-11)13-5-6-19-14(18)8-13/h3-6,8-9,11H,1-2,7,10H2,(H,20,21,23). The van der Waals surface area contributed by atoms with E-state index in [0.29, 0.717) is 17.5 Å². The van der Waals surface area contributed by atoms with E-state index < -0.39 is 0 Å². The molecule has 0 bridgehead atoms. The predicted octanol–water partition coefficient (Wildman–Crippen LogP) is 3.75. The Balaban J connectivity index is 1.65. The van der Waals surface area contributed by atoms with Gasteiger partial charge in [0.15, 0.2) is 0 Å². The maximum atomic E-state index is 12.5. The largest absolute Gasteiger partial charge is 0.371 e. The average Bonchev–Trinajstić information content (AvgIpc) is 2.57. The molecule has 0 spiro atoms. The molecule has 3 rings (SSSR count). The Morgan fingerprint density at radius 2 is 2.22 bits per heavy atom. The minimum absolute atomic E-state index is 0.00433. The van der Waals surface area contributed by atoms with Crippen LogP contribution in [-0.4, -0.2) is 29.0 Å². The highest BCUT2D eigenvalue weighted by molar-refractivity contribution is 9.10. The van der Waals surface area contributed by atoms with Gasteiger partial charge in [-0.05, 0) is 53.0 Å². The van der Waals surface area contributed by atoms with Gasteiger partial charge >= 0.3 is 0 Å². The van der Waals surface area contributed by atoms with Crippen LogP contribution in [0.2, 0.25) is 5.15 Å². The minimum Gasteiger partial charge on any atom is -0.371 e. The third kappa shape index (κ3) is 4.20. The second-order valence-electron chi connectivity index (χ2n) is 5.47. The van der Waals surface area contributed by atoms with Crippen molar-refractivity contribution in [2.24, 2.45) is 5.92 Å². The smallest absolute Gasteiger partial charge is 0.230 e. The highest BCUT2D eigenvalue weighted by atomic mass is 79.9. The van der Waals surface area contributed by atoms with Gasteiger partial charge in [0.05, 0.1) is 5.92 Å². The molecule has 0 aliphatic carbocycles. The Kier molecular flexibility index (Phi) is 5.13. The minimum atomic E-state index is -0.0684. The molecule has 0 aromatic carbocycles. The Morgan fingerprint density at radius 3 is 2.96 bits per heavy atom. The van der Waals surface area contributed by atoms with Gasteiger partial charge in [-0.2, -0.15) is 0 Å². The van der Waals surface area contributed by atoms with Gasteiger partial charge in [-0.15, -0.1) is 0 Å². The summed E-state index contributed by atoms with van der Waals surface area (Å²) in [6.07, 6.45) is 5.19. The van der Waals surface area contributed by atoms with Crippen LogP contribution in [0.25, 0.3) is 0 Å². The number of anilines is 2. The molecule has 1 atom stereocenters. The maximum Gasteiger partial charge on any atom is 0.230 e. The fraction of sp³-hybridized carbons (Fsp3) is 0.312. The first-order valence-corrected chi connectivity index (χ1v) is 8.58. The molecule has 120 valence electrons. The lowest BCUT2D eigenvalue weighted by Gasteiger charge is -2.33. The van der Waals surface area contributed by atoms with Gasteiger partial charge in [0.2, 0.25) is 5.91 Å².